The molecular formula is C8H12N4O. The van der Waals surface area contributed by atoms with E-state index in [0.717, 1.165) is 24.6 Å². The zero-order valence-electron chi connectivity index (χ0n) is 7.58. The van der Waals surface area contributed by atoms with Gasteiger partial charge in [-0.25, -0.2) is 0 Å². The third-order valence-corrected chi connectivity index (χ3v) is 2.24. The highest BCUT2D eigenvalue weighted by Crippen LogP contribution is 2.06. The van der Waals surface area contributed by atoms with E-state index < -0.39 is 0 Å². The standard InChI is InChI=1S/C8H12N4O/c1-6-10-11-7-5-9-8(13)3-2-4-12(6)7/h2-5H2,1H3,(H,9,13). The minimum absolute atomic E-state index is 0.104. The monoisotopic (exact) mass is 180 g/mol. The predicted molar refractivity (Wildman–Crippen MR) is 45.8 cm³/mol. The lowest BCUT2D eigenvalue weighted by Crippen LogP contribution is -2.27. The van der Waals surface area contributed by atoms with Crippen LogP contribution in [0.3, 0.4) is 0 Å². The van der Waals surface area contributed by atoms with Crippen molar-refractivity contribution in [2.24, 2.45) is 0 Å². The van der Waals surface area contributed by atoms with Gasteiger partial charge in [0, 0.05) is 13.0 Å². The Labute approximate surface area is 76.2 Å². The normalized spacial score (nSPS) is 17.2. The Balaban J connectivity index is 2.26. The molecule has 0 aliphatic carbocycles. The van der Waals surface area contributed by atoms with E-state index in [1.807, 2.05) is 6.92 Å². The first-order valence-electron chi connectivity index (χ1n) is 4.43. The molecule has 0 spiro atoms. The molecule has 0 bridgehead atoms. The number of hydrogen-bond donors (Lipinski definition) is 1. The van der Waals surface area contributed by atoms with Gasteiger partial charge in [0.25, 0.3) is 0 Å². The first kappa shape index (κ1) is 8.22. The van der Waals surface area contributed by atoms with Gasteiger partial charge in [-0.05, 0) is 13.3 Å². The SMILES string of the molecule is Cc1nnc2n1CCCC(=O)NC2. The molecule has 1 aliphatic rings. The quantitative estimate of drug-likeness (QED) is 0.611. The summed E-state index contributed by atoms with van der Waals surface area (Å²) in [4.78, 5) is 11.1. The maximum atomic E-state index is 11.1. The zero-order valence-corrected chi connectivity index (χ0v) is 7.58. The molecule has 1 aliphatic heterocycles. The second-order valence-electron chi connectivity index (χ2n) is 3.20. The van der Waals surface area contributed by atoms with E-state index in [1.165, 1.54) is 0 Å². The summed E-state index contributed by atoms with van der Waals surface area (Å²) in [6, 6.07) is 0. The number of hydrogen-bond acceptors (Lipinski definition) is 3. The van der Waals surface area contributed by atoms with Crippen LogP contribution in [0.4, 0.5) is 0 Å². The van der Waals surface area contributed by atoms with E-state index in [0.29, 0.717) is 13.0 Å². The fourth-order valence-corrected chi connectivity index (χ4v) is 1.51. The van der Waals surface area contributed by atoms with Gasteiger partial charge in [0.2, 0.25) is 5.91 Å². The van der Waals surface area contributed by atoms with E-state index in [2.05, 4.69) is 20.1 Å². The highest BCUT2D eigenvalue weighted by molar-refractivity contribution is 5.75. The number of amides is 1. The summed E-state index contributed by atoms with van der Waals surface area (Å²) in [5.41, 5.74) is 0. The van der Waals surface area contributed by atoms with Crippen molar-refractivity contribution in [3.63, 3.8) is 0 Å². The third-order valence-electron chi connectivity index (χ3n) is 2.24. The molecule has 1 aromatic rings. The molecule has 13 heavy (non-hydrogen) atoms. The molecule has 0 unspecified atom stereocenters. The fourth-order valence-electron chi connectivity index (χ4n) is 1.51. The number of nitrogens with one attached hydrogen (secondary N) is 1. The summed E-state index contributed by atoms with van der Waals surface area (Å²) in [5.74, 6) is 1.88. The van der Waals surface area contributed by atoms with Crippen molar-refractivity contribution in [1.29, 1.82) is 0 Å². The molecule has 2 rings (SSSR count). The van der Waals surface area contributed by atoms with Gasteiger partial charge in [0.15, 0.2) is 5.82 Å². The Morgan fingerprint density at radius 1 is 1.46 bits per heavy atom. The number of carbonyl (C=O) groups is 1. The van der Waals surface area contributed by atoms with Crippen LogP contribution in [0.2, 0.25) is 0 Å². The summed E-state index contributed by atoms with van der Waals surface area (Å²) in [6.45, 7) is 3.28. The Kier molecular flexibility index (Phi) is 2.00. The molecule has 0 atom stereocenters. The van der Waals surface area contributed by atoms with Gasteiger partial charge in [-0.1, -0.05) is 0 Å². The molecular weight excluding hydrogens is 168 g/mol. The first-order valence-corrected chi connectivity index (χ1v) is 4.43. The Bertz CT molecular complexity index is 331. The number of fused-ring (bicyclic) bond motifs is 1. The molecule has 0 fully saturated rings. The summed E-state index contributed by atoms with van der Waals surface area (Å²) in [5, 5.41) is 10.8. The Morgan fingerprint density at radius 3 is 3.15 bits per heavy atom. The van der Waals surface area contributed by atoms with Crippen LogP contribution in [0.5, 0.6) is 0 Å². The molecule has 1 N–H and O–H groups in total. The Hall–Kier alpha value is -1.39. The number of nitrogens with zero attached hydrogens (tertiary/aromatic N) is 3. The number of rotatable bonds is 0. The molecule has 70 valence electrons. The van der Waals surface area contributed by atoms with Gasteiger partial charge in [0.05, 0.1) is 6.54 Å². The van der Waals surface area contributed by atoms with Crippen LogP contribution in [0, 0.1) is 6.92 Å². The van der Waals surface area contributed by atoms with E-state index in [-0.39, 0.29) is 5.91 Å². The average Bonchev–Trinajstić information content (AvgIpc) is 2.41. The Morgan fingerprint density at radius 2 is 2.31 bits per heavy atom. The lowest BCUT2D eigenvalue weighted by atomic mass is 10.2. The topological polar surface area (TPSA) is 59.8 Å². The van der Waals surface area contributed by atoms with E-state index in [9.17, 15) is 4.79 Å². The molecule has 5 heteroatoms. The van der Waals surface area contributed by atoms with Crippen molar-refractivity contribution in [2.45, 2.75) is 32.9 Å². The predicted octanol–water partition coefficient (Wildman–Crippen LogP) is -0.00348. The van der Waals surface area contributed by atoms with Crippen LogP contribution < -0.4 is 5.32 Å². The van der Waals surface area contributed by atoms with Gasteiger partial charge in [-0.3, -0.25) is 4.79 Å². The van der Waals surface area contributed by atoms with Gasteiger partial charge >= 0.3 is 0 Å². The zero-order chi connectivity index (χ0) is 9.26. The fraction of sp³-hybridized carbons (Fsp3) is 0.625. The van der Waals surface area contributed by atoms with Crippen molar-refractivity contribution in [3.05, 3.63) is 11.6 Å². The van der Waals surface area contributed by atoms with Gasteiger partial charge in [-0.2, -0.15) is 0 Å². The lowest BCUT2D eigenvalue weighted by Gasteiger charge is -2.12. The lowest BCUT2D eigenvalue weighted by molar-refractivity contribution is -0.121. The molecule has 0 aromatic carbocycles. The van der Waals surface area contributed by atoms with Crippen molar-refractivity contribution in [2.75, 3.05) is 0 Å². The minimum Gasteiger partial charge on any atom is -0.349 e. The molecule has 0 saturated carbocycles. The third kappa shape index (κ3) is 1.54. The van der Waals surface area contributed by atoms with Crippen molar-refractivity contribution < 1.29 is 4.79 Å². The summed E-state index contributed by atoms with van der Waals surface area (Å²) in [6.07, 6.45) is 1.45. The minimum atomic E-state index is 0.104. The molecule has 2 heterocycles. The highest BCUT2D eigenvalue weighted by Gasteiger charge is 2.13. The highest BCUT2D eigenvalue weighted by atomic mass is 16.1. The number of carbonyl (C=O) groups excluding carboxylic acids is 1. The van der Waals surface area contributed by atoms with Crippen molar-refractivity contribution in [3.8, 4) is 0 Å². The molecule has 1 aromatic heterocycles. The largest absolute Gasteiger partial charge is 0.349 e. The van der Waals surface area contributed by atoms with E-state index in [1.54, 1.807) is 0 Å². The smallest absolute Gasteiger partial charge is 0.220 e. The van der Waals surface area contributed by atoms with E-state index in [4.69, 9.17) is 0 Å². The summed E-state index contributed by atoms with van der Waals surface area (Å²) >= 11 is 0. The van der Waals surface area contributed by atoms with Gasteiger partial charge in [0.1, 0.15) is 5.82 Å². The molecule has 0 radical (unpaired) electrons. The summed E-state index contributed by atoms with van der Waals surface area (Å²) in [7, 11) is 0. The number of aromatic nitrogens is 3. The second kappa shape index (κ2) is 3.16. The van der Waals surface area contributed by atoms with Crippen LogP contribution in [0.1, 0.15) is 24.5 Å². The van der Waals surface area contributed by atoms with Crippen molar-refractivity contribution >= 4 is 5.91 Å². The van der Waals surface area contributed by atoms with Crippen LogP contribution >= 0.6 is 0 Å². The maximum Gasteiger partial charge on any atom is 0.220 e. The average molecular weight is 180 g/mol. The van der Waals surface area contributed by atoms with Crippen molar-refractivity contribution in [1.82, 2.24) is 20.1 Å². The second-order valence-corrected chi connectivity index (χ2v) is 3.20. The van der Waals surface area contributed by atoms with E-state index >= 15 is 0 Å². The molecule has 5 nitrogen and oxygen atoms in total. The molecule has 1 amide bonds. The van der Waals surface area contributed by atoms with Crippen LogP contribution in [-0.4, -0.2) is 20.7 Å². The maximum absolute atomic E-state index is 11.1. The van der Waals surface area contributed by atoms with Crippen LogP contribution in [0.15, 0.2) is 0 Å². The van der Waals surface area contributed by atoms with Gasteiger partial charge < -0.3 is 9.88 Å². The summed E-state index contributed by atoms with van der Waals surface area (Å²) < 4.78 is 2.06. The number of aryl methyl sites for hydroxylation is 1. The van der Waals surface area contributed by atoms with Gasteiger partial charge in [-0.15, -0.1) is 10.2 Å². The first-order chi connectivity index (χ1) is 6.27. The van der Waals surface area contributed by atoms with Crippen LogP contribution in [0.25, 0.3) is 0 Å². The molecule has 0 saturated heterocycles. The van der Waals surface area contributed by atoms with Crippen LogP contribution in [-0.2, 0) is 17.9 Å².